The predicted molar refractivity (Wildman–Crippen MR) is 52.5 cm³/mol. The van der Waals surface area contributed by atoms with Crippen molar-refractivity contribution in [1.29, 1.82) is 0 Å². The Labute approximate surface area is 79.9 Å². The number of carbonyl (C=O) groups excluding carboxylic acids is 1. The van der Waals surface area contributed by atoms with E-state index >= 15 is 0 Å². The van der Waals surface area contributed by atoms with Gasteiger partial charge in [0, 0.05) is 19.5 Å². The Morgan fingerprint density at radius 1 is 1.62 bits per heavy atom. The molecule has 0 aliphatic heterocycles. The molecule has 1 atom stereocenters. The number of aliphatic hydroxyl groups excluding tert-OH is 1. The van der Waals surface area contributed by atoms with Crippen molar-refractivity contribution in [3.05, 3.63) is 0 Å². The number of nitrogens with zero attached hydrogens (tertiary/aromatic N) is 1. The van der Waals surface area contributed by atoms with Crippen LogP contribution < -0.4 is 5.32 Å². The second-order valence-corrected chi connectivity index (χ2v) is 3.29. The predicted octanol–water partition coefficient (Wildman–Crippen LogP) is -0.175. The Morgan fingerprint density at radius 3 is 2.69 bits per heavy atom. The molecule has 0 fully saturated rings. The highest BCUT2D eigenvalue weighted by Crippen LogP contribution is 1.97. The van der Waals surface area contributed by atoms with Gasteiger partial charge in [-0.3, -0.25) is 4.79 Å². The minimum Gasteiger partial charge on any atom is -0.395 e. The summed E-state index contributed by atoms with van der Waals surface area (Å²) in [6.45, 7) is 2.96. The molecule has 4 nitrogen and oxygen atoms in total. The van der Waals surface area contributed by atoms with Crippen LogP contribution in [0.15, 0.2) is 0 Å². The van der Waals surface area contributed by atoms with Crippen LogP contribution in [0.4, 0.5) is 0 Å². The zero-order valence-corrected chi connectivity index (χ0v) is 8.71. The number of likely N-dealkylation sites (N-methyl/N-ethyl adjacent to an activating group) is 1. The highest BCUT2D eigenvalue weighted by Gasteiger charge is 2.07. The SMILES string of the molecule is CNC(=O)CCCN(C)C(C)CO. The van der Waals surface area contributed by atoms with Crippen LogP contribution in [0.5, 0.6) is 0 Å². The van der Waals surface area contributed by atoms with E-state index < -0.39 is 0 Å². The molecule has 2 N–H and O–H groups in total. The van der Waals surface area contributed by atoms with Crippen LogP contribution in [0.25, 0.3) is 0 Å². The van der Waals surface area contributed by atoms with Gasteiger partial charge in [0.25, 0.3) is 0 Å². The van der Waals surface area contributed by atoms with Crippen molar-refractivity contribution in [2.75, 3.05) is 27.2 Å². The van der Waals surface area contributed by atoms with Crippen molar-refractivity contribution in [2.45, 2.75) is 25.8 Å². The molecular weight excluding hydrogens is 168 g/mol. The molecule has 0 aromatic carbocycles. The smallest absolute Gasteiger partial charge is 0.219 e. The summed E-state index contributed by atoms with van der Waals surface area (Å²) in [5, 5.41) is 11.4. The van der Waals surface area contributed by atoms with E-state index in [1.54, 1.807) is 7.05 Å². The normalized spacial score (nSPS) is 13.0. The first-order valence-electron chi connectivity index (χ1n) is 4.63. The van der Waals surface area contributed by atoms with Crippen LogP contribution >= 0.6 is 0 Å². The molecule has 0 saturated carbocycles. The fourth-order valence-corrected chi connectivity index (χ4v) is 0.974. The molecule has 1 amide bonds. The summed E-state index contributed by atoms with van der Waals surface area (Å²) < 4.78 is 0. The van der Waals surface area contributed by atoms with Gasteiger partial charge in [0.05, 0.1) is 6.61 Å². The average Bonchev–Trinajstić information content (AvgIpc) is 2.15. The van der Waals surface area contributed by atoms with Gasteiger partial charge < -0.3 is 15.3 Å². The quantitative estimate of drug-likeness (QED) is 0.608. The van der Waals surface area contributed by atoms with Gasteiger partial charge >= 0.3 is 0 Å². The number of rotatable bonds is 6. The molecule has 1 unspecified atom stereocenters. The van der Waals surface area contributed by atoms with Crippen LogP contribution in [0.2, 0.25) is 0 Å². The molecule has 0 radical (unpaired) electrons. The van der Waals surface area contributed by atoms with E-state index in [0.29, 0.717) is 6.42 Å². The van der Waals surface area contributed by atoms with E-state index in [2.05, 4.69) is 5.32 Å². The highest BCUT2D eigenvalue weighted by atomic mass is 16.3. The maximum atomic E-state index is 10.9. The first kappa shape index (κ1) is 12.4. The first-order chi connectivity index (χ1) is 6.11. The van der Waals surface area contributed by atoms with Gasteiger partial charge in [0.1, 0.15) is 0 Å². The van der Waals surface area contributed by atoms with Crippen LogP contribution in [-0.4, -0.2) is 49.2 Å². The fraction of sp³-hybridized carbons (Fsp3) is 0.889. The van der Waals surface area contributed by atoms with Gasteiger partial charge in [-0.2, -0.15) is 0 Å². The van der Waals surface area contributed by atoms with E-state index in [4.69, 9.17) is 5.11 Å². The Balaban J connectivity index is 3.47. The third kappa shape index (κ3) is 5.60. The summed E-state index contributed by atoms with van der Waals surface area (Å²) in [4.78, 5) is 12.9. The summed E-state index contributed by atoms with van der Waals surface area (Å²) in [6, 6.07) is 0.171. The largest absolute Gasteiger partial charge is 0.395 e. The van der Waals surface area contributed by atoms with Gasteiger partial charge in [-0.05, 0) is 26.9 Å². The minimum atomic E-state index is 0.0741. The lowest BCUT2D eigenvalue weighted by atomic mass is 10.2. The maximum Gasteiger partial charge on any atom is 0.219 e. The van der Waals surface area contributed by atoms with E-state index in [1.165, 1.54) is 0 Å². The minimum absolute atomic E-state index is 0.0741. The lowest BCUT2D eigenvalue weighted by molar-refractivity contribution is -0.120. The van der Waals surface area contributed by atoms with Gasteiger partial charge in [-0.1, -0.05) is 0 Å². The highest BCUT2D eigenvalue weighted by molar-refractivity contribution is 5.75. The van der Waals surface area contributed by atoms with Crippen molar-refractivity contribution in [1.82, 2.24) is 10.2 Å². The van der Waals surface area contributed by atoms with Gasteiger partial charge in [0.2, 0.25) is 5.91 Å². The van der Waals surface area contributed by atoms with E-state index in [1.807, 2.05) is 18.9 Å². The summed E-state index contributed by atoms with van der Waals surface area (Å²) in [5.41, 5.74) is 0. The monoisotopic (exact) mass is 188 g/mol. The molecule has 0 saturated heterocycles. The summed E-state index contributed by atoms with van der Waals surface area (Å²) in [7, 11) is 3.59. The van der Waals surface area contributed by atoms with Crippen LogP contribution in [-0.2, 0) is 4.79 Å². The van der Waals surface area contributed by atoms with Crippen molar-refractivity contribution in [3.63, 3.8) is 0 Å². The Morgan fingerprint density at radius 2 is 2.23 bits per heavy atom. The fourth-order valence-electron chi connectivity index (χ4n) is 0.974. The number of nitrogens with one attached hydrogen (secondary N) is 1. The molecule has 0 spiro atoms. The first-order valence-corrected chi connectivity index (χ1v) is 4.63. The topological polar surface area (TPSA) is 52.6 Å². The van der Waals surface area contributed by atoms with E-state index in [0.717, 1.165) is 13.0 Å². The molecular formula is C9H20N2O2. The molecule has 0 aliphatic rings. The second-order valence-electron chi connectivity index (χ2n) is 3.29. The van der Waals surface area contributed by atoms with Crippen molar-refractivity contribution < 1.29 is 9.90 Å². The molecule has 0 aliphatic carbocycles. The zero-order chi connectivity index (χ0) is 10.3. The van der Waals surface area contributed by atoms with E-state index in [-0.39, 0.29) is 18.6 Å². The number of hydrogen-bond acceptors (Lipinski definition) is 3. The summed E-state index contributed by atoms with van der Waals surface area (Å²) >= 11 is 0. The van der Waals surface area contributed by atoms with Gasteiger partial charge in [-0.25, -0.2) is 0 Å². The molecule has 78 valence electrons. The number of hydrogen-bond donors (Lipinski definition) is 2. The summed E-state index contributed by atoms with van der Waals surface area (Å²) in [5.74, 6) is 0.0741. The maximum absolute atomic E-state index is 10.9. The standard InChI is InChI=1S/C9H20N2O2/c1-8(7-12)11(3)6-4-5-9(13)10-2/h8,12H,4-7H2,1-3H3,(H,10,13). The van der Waals surface area contributed by atoms with Crippen LogP contribution in [0.1, 0.15) is 19.8 Å². The number of amides is 1. The van der Waals surface area contributed by atoms with E-state index in [9.17, 15) is 4.79 Å². The van der Waals surface area contributed by atoms with Crippen molar-refractivity contribution in [3.8, 4) is 0 Å². The molecule has 0 aromatic heterocycles. The third-order valence-corrected chi connectivity index (χ3v) is 2.21. The molecule has 0 rings (SSSR count). The second kappa shape index (κ2) is 6.86. The molecule has 0 bridgehead atoms. The number of aliphatic hydroxyl groups is 1. The van der Waals surface area contributed by atoms with Gasteiger partial charge in [0.15, 0.2) is 0 Å². The Kier molecular flexibility index (Phi) is 6.54. The molecule has 0 aromatic rings. The van der Waals surface area contributed by atoms with Crippen LogP contribution in [0.3, 0.4) is 0 Å². The Hall–Kier alpha value is -0.610. The average molecular weight is 188 g/mol. The summed E-state index contributed by atoms with van der Waals surface area (Å²) in [6.07, 6.45) is 1.39. The van der Waals surface area contributed by atoms with Crippen molar-refractivity contribution >= 4 is 5.91 Å². The number of carbonyl (C=O) groups is 1. The van der Waals surface area contributed by atoms with Crippen LogP contribution in [0, 0.1) is 0 Å². The third-order valence-electron chi connectivity index (χ3n) is 2.21. The Bertz CT molecular complexity index is 151. The van der Waals surface area contributed by atoms with Gasteiger partial charge in [-0.15, -0.1) is 0 Å². The molecule has 0 heterocycles. The molecule has 4 heteroatoms. The lowest BCUT2D eigenvalue weighted by Crippen LogP contribution is -2.33. The van der Waals surface area contributed by atoms with Crippen molar-refractivity contribution in [2.24, 2.45) is 0 Å². The lowest BCUT2D eigenvalue weighted by Gasteiger charge is -2.22. The molecule has 13 heavy (non-hydrogen) atoms. The zero-order valence-electron chi connectivity index (χ0n) is 8.71.